The Hall–Kier alpha value is -0.770. The molecule has 4 heteroatoms. The molecule has 0 saturated carbocycles. The lowest BCUT2D eigenvalue weighted by Crippen LogP contribution is -2.59. The SMILES string of the molecule is CCCN(C(=O)N1CCCCCC1)C(CC)(CC)CN. The maximum atomic E-state index is 13.0. The van der Waals surface area contributed by atoms with Crippen LogP contribution in [-0.2, 0) is 0 Å². The van der Waals surface area contributed by atoms with Crippen molar-refractivity contribution in [2.24, 2.45) is 5.73 Å². The second kappa shape index (κ2) is 8.50. The molecule has 1 rings (SSSR count). The topological polar surface area (TPSA) is 49.6 Å². The van der Waals surface area contributed by atoms with Gasteiger partial charge in [-0.15, -0.1) is 0 Å². The number of carbonyl (C=O) groups is 1. The number of hydrogen-bond donors (Lipinski definition) is 1. The molecule has 4 nitrogen and oxygen atoms in total. The van der Waals surface area contributed by atoms with Crippen LogP contribution in [0, 0.1) is 0 Å². The molecule has 0 spiro atoms. The molecule has 0 radical (unpaired) electrons. The van der Waals surface area contributed by atoms with E-state index < -0.39 is 0 Å². The van der Waals surface area contributed by atoms with Crippen LogP contribution in [0.2, 0.25) is 0 Å². The highest BCUT2D eigenvalue weighted by atomic mass is 16.2. The smallest absolute Gasteiger partial charge is 0.320 e. The summed E-state index contributed by atoms with van der Waals surface area (Å²) >= 11 is 0. The number of hydrogen-bond acceptors (Lipinski definition) is 2. The Labute approximate surface area is 124 Å². The van der Waals surface area contributed by atoms with E-state index in [1.807, 2.05) is 0 Å². The van der Waals surface area contributed by atoms with Crippen LogP contribution in [0.25, 0.3) is 0 Å². The van der Waals surface area contributed by atoms with Gasteiger partial charge in [0.15, 0.2) is 0 Å². The van der Waals surface area contributed by atoms with Crippen LogP contribution in [0.1, 0.15) is 65.7 Å². The van der Waals surface area contributed by atoms with Crippen LogP contribution in [0.15, 0.2) is 0 Å². The summed E-state index contributed by atoms with van der Waals surface area (Å²) in [6.45, 7) is 9.62. The zero-order valence-electron chi connectivity index (χ0n) is 13.7. The van der Waals surface area contributed by atoms with Crippen molar-refractivity contribution in [1.29, 1.82) is 0 Å². The molecule has 2 amide bonds. The molecule has 1 fully saturated rings. The van der Waals surface area contributed by atoms with Gasteiger partial charge in [-0.2, -0.15) is 0 Å². The summed E-state index contributed by atoms with van der Waals surface area (Å²) in [5.41, 5.74) is 5.88. The maximum Gasteiger partial charge on any atom is 0.320 e. The molecule has 20 heavy (non-hydrogen) atoms. The van der Waals surface area contributed by atoms with Crippen molar-refractivity contribution in [2.75, 3.05) is 26.2 Å². The van der Waals surface area contributed by atoms with Gasteiger partial charge in [-0.1, -0.05) is 33.6 Å². The van der Waals surface area contributed by atoms with Gasteiger partial charge in [0.2, 0.25) is 0 Å². The highest BCUT2D eigenvalue weighted by molar-refractivity contribution is 5.75. The predicted octanol–water partition coefficient (Wildman–Crippen LogP) is 3.21. The van der Waals surface area contributed by atoms with Crippen LogP contribution < -0.4 is 5.73 Å². The van der Waals surface area contributed by atoms with Crippen molar-refractivity contribution < 1.29 is 4.79 Å². The van der Waals surface area contributed by atoms with Crippen LogP contribution in [0.5, 0.6) is 0 Å². The Morgan fingerprint density at radius 3 is 2.05 bits per heavy atom. The van der Waals surface area contributed by atoms with Crippen molar-refractivity contribution in [3.63, 3.8) is 0 Å². The van der Waals surface area contributed by atoms with Crippen LogP contribution in [0.4, 0.5) is 4.79 Å². The fraction of sp³-hybridized carbons (Fsp3) is 0.938. The van der Waals surface area contributed by atoms with Gasteiger partial charge in [-0.25, -0.2) is 4.79 Å². The Bertz CT molecular complexity index is 273. The van der Waals surface area contributed by atoms with Gasteiger partial charge in [-0.05, 0) is 32.1 Å². The van der Waals surface area contributed by atoms with E-state index in [4.69, 9.17) is 5.73 Å². The fourth-order valence-electron chi connectivity index (χ4n) is 3.22. The summed E-state index contributed by atoms with van der Waals surface area (Å²) in [5.74, 6) is 0. The van der Waals surface area contributed by atoms with Crippen LogP contribution >= 0.6 is 0 Å². The monoisotopic (exact) mass is 283 g/mol. The van der Waals surface area contributed by atoms with Crippen molar-refractivity contribution in [1.82, 2.24) is 9.80 Å². The average Bonchev–Trinajstić information content (AvgIpc) is 2.77. The maximum absolute atomic E-state index is 13.0. The normalized spacial score (nSPS) is 16.9. The third kappa shape index (κ3) is 3.87. The fourth-order valence-corrected chi connectivity index (χ4v) is 3.22. The highest BCUT2D eigenvalue weighted by Crippen LogP contribution is 2.25. The Morgan fingerprint density at radius 1 is 1.10 bits per heavy atom. The van der Waals surface area contributed by atoms with Gasteiger partial charge in [0, 0.05) is 26.2 Å². The second-order valence-electron chi connectivity index (χ2n) is 5.97. The molecule has 1 saturated heterocycles. The molecule has 0 unspecified atom stereocenters. The number of rotatable bonds is 6. The van der Waals surface area contributed by atoms with Gasteiger partial charge in [0.05, 0.1) is 5.54 Å². The second-order valence-corrected chi connectivity index (χ2v) is 5.97. The molecule has 0 atom stereocenters. The van der Waals surface area contributed by atoms with Gasteiger partial charge < -0.3 is 15.5 Å². The first-order chi connectivity index (χ1) is 9.65. The van der Waals surface area contributed by atoms with E-state index in [1.165, 1.54) is 12.8 Å². The summed E-state index contributed by atoms with van der Waals surface area (Å²) in [7, 11) is 0. The minimum absolute atomic E-state index is 0.167. The first-order valence-electron chi connectivity index (χ1n) is 8.41. The number of carbonyl (C=O) groups excluding carboxylic acids is 1. The third-order valence-electron chi connectivity index (χ3n) is 4.82. The van der Waals surface area contributed by atoms with Gasteiger partial charge in [0.1, 0.15) is 0 Å². The van der Waals surface area contributed by atoms with E-state index in [1.54, 1.807) is 0 Å². The molecule has 0 aliphatic carbocycles. The first-order valence-corrected chi connectivity index (χ1v) is 8.41. The molecule has 2 N–H and O–H groups in total. The quantitative estimate of drug-likeness (QED) is 0.813. The van der Waals surface area contributed by atoms with Crippen LogP contribution in [0.3, 0.4) is 0 Å². The standard InChI is InChI=1S/C16H33N3O/c1-4-11-19(16(5-2,6-3)14-17)15(20)18-12-9-7-8-10-13-18/h4-14,17H2,1-3H3. The molecule has 1 aliphatic rings. The molecule has 1 heterocycles. The van der Waals surface area contributed by atoms with E-state index in [0.717, 1.165) is 51.7 Å². The van der Waals surface area contributed by atoms with E-state index in [0.29, 0.717) is 6.54 Å². The van der Waals surface area contributed by atoms with E-state index in [2.05, 4.69) is 30.6 Å². The summed E-state index contributed by atoms with van der Waals surface area (Å²) in [6, 6.07) is 0.211. The zero-order chi connectivity index (χ0) is 15.0. The molecular formula is C16H33N3O. The summed E-state index contributed by atoms with van der Waals surface area (Å²) in [4.78, 5) is 17.1. The minimum Gasteiger partial charge on any atom is -0.328 e. The number of likely N-dealkylation sites (tertiary alicyclic amines) is 1. The predicted molar refractivity (Wildman–Crippen MR) is 84.8 cm³/mol. The molecular weight excluding hydrogens is 250 g/mol. The van der Waals surface area contributed by atoms with Crippen molar-refractivity contribution >= 4 is 6.03 Å². The lowest BCUT2D eigenvalue weighted by Gasteiger charge is -2.44. The molecule has 0 aromatic carbocycles. The summed E-state index contributed by atoms with van der Waals surface area (Å²) < 4.78 is 0. The molecule has 0 bridgehead atoms. The lowest BCUT2D eigenvalue weighted by atomic mass is 9.90. The van der Waals surface area contributed by atoms with Gasteiger partial charge >= 0.3 is 6.03 Å². The molecule has 0 aromatic heterocycles. The number of nitrogens with two attached hydrogens (primary N) is 1. The van der Waals surface area contributed by atoms with Crippen molar-refractivity contribution in [3.05, 3.63) is 0 Å². The van der Waals surface area contributed by atoms with Gasteiger partial charge in [-0.3, -0.25) is 0 Å². The summed E-state index contributed by atoms with van der Waals surface area (Å²) in [6.07, 6.45) is 7.63. The number of nitrogens with zero attached hydrogens (tertiary/aromatic N) is 2. The lowest BCUT2D eigenvalue weighted by molar-refractivity contribution is 0.0815. The minimum atomic E-state index is -0.167. The molecule has 0 aromatic rings. The van der Waals surface area contributed by atoms with E-state index in [-0.39, 0.29) is 11.6 Å². The molecule has 118 valence electrons. The first kappa shape index (κ1) is 17.3. The highest BCUT2D eigenvalue weighted by Gasteiger charge is 2.37. The Kier molecular flexibility index (Phi) is 7.35. The zero-order valence-corrected chi connectivity index (χ0v) is 13.7. The third-order valence-corrected chi connectivity index (χ3v) is 4.82. The van der Waals surface area contributed by atoms with Gasteiger partial charge in [0.25, 0.3) is 0 Å². The molecule has 1 aliphatic heterocycles. The van der Waals surface area contributed by atoms with Crippen LogP contribution in [-0.4, -0.2) is 47.5 Å². The Balaban J connectivity index is 2.89. The van der Waals surface area contributed by atoms with E-state index >= 15 is 0 Å². The van der Waals surface area contributed by atoms with Crippen molar-refractivity contribution in [3.8, 4) is 0 Å². The number of amides is 2. The largest absolute Gasteiger partial charge is 0.328 e. The van der Waals surface area contributed by atoms with Crippen molar-refractivity contribution in [2.45, 2.75) is 71.3 Å². The average molecular weight is 283 g/mol. The van der Waals surface area contributed by atoms with E-state index in [9.17, 15) is 4.79 Å². The number of urea groups is 1. The Morgan fingerprint density at radius 2 is 1.65 bits per heavy atom. The summed E-state index contributed by atoms with van der Waals surface area (Å²) in [5, 5.41) is 0.